The highest BCUT2D eigenvalue weighted by atomic mass is 35.5. The van der Waals surface area contributed by atoms with Crippen LogP contribution in [0.2, 0.25) is 5.02 Å². The first-order valence-corrected chi connectivity index (χ1v) is 10.5. The quantitative estimate of drug-likeness (QED) is 0.408. The van der Waals surface area contributed by atoms with Gasteiger partial charge < -0.3 is 19.6 Å². The lowest BCUT2D eigenvalue weighted by molar-refractivity contribution is 0.0950. The number of hydrogen-bond donors (Lipinski definition) is 2. The maximum atomic E-state index is 12.8. The van der Waals surface area contributed by atoms with Gasteiger partial charge in [-0.25, -0.2) is 0 Å². The molecule has 2 aromatic heterocycles. The number of anilines is 1. The lowest BCUT2D eigenvalue weighted by Gasteiger charge is -2.13. The molecule has 0 unspecified atom stereocenters. The van der Waals surface area contributed by atoms with E-state index in [-0.39, 0.29) is 17.6 Å². The first-order chi connectivity index (χ1) is 15.4. The zero-order chi connectivity index (χ0) is 22.7. The molecule has 4 rings (SSSR count). The number of hydrogen-bond acceptors (Lipinski definition) is 3. The number of aromatic nitrogens is 1. The van der Waals surface area contributed by atoms with Crippen molar-refractivity contribution in [1.29, 1.82) is 0 Å². The average molecular weight is 448 g/mol. The van der Waals surface area contributed by atoms with Gasteiger partial charge in [-0.1, -0.05) is 23.7 Å². The highest BCUT2D eigenvalue weighted by molar-refractivity contribution is 6.33. The van der Waals surface area contributed by atoms with Gasteiger partial charge in [-0.05, 0) is 74.0 Å². The highest BCUT2D eigenvalue weighted by Crippen LogP contribution is 2.23. The van der Waals surface area contributed by atoms with Crippen LogP contribution in [0.3, 0.4) is 0 Å². The molecule has 32 heavy (non-hydrogen) atoms. The van der Waals surface area contributed by atoms with E-state index in [9.17, 15) is 9.59 Å². The fourth-order valence-corrected chi connectivity index (χ4v) is 3.69. The van der Waals surface area contributed by atoms with Crippen molar-refractivity contribution >= 4 is 29.1 Å². The van der Waals surface area contributed by atoms with Gasteiger partial charge in [0.15, 0.2) is 5.76 Å². The van der Waals surface area contributed by atoms with Crippen LogP contribution in [-0.2, 0) is 6.54 Å². The van der Waals surface area contributed by atoms with E-state index in [1.165, 1.54) is 6.26 Å². The summed E-state index contributed by atoms with van der Waals surface area (Å²) in [5.74, 6) is -0.334. The van der Waals surface area contributed by atoms with Crippen molar-refractivity contribution < 1.29 is 14.0 Å². The largest absolute Gasteiger partial charge is 0.459 e. The number of amides is 2. The number of aryl methyl sites for hydroxylation is 2. The molecule has 162 valence electrons. The van der Waals surface area contributed by atoms with Gasteiger partial charge in [0.05, 0.1) is 16.8 Å². The molecule has 0 aliphatic heterocycles. The molecule has 2 N–H and O–H groups in total. The fraction of sp³-hybridized carbons (Fsp3) is 0.120. The molecular weight excluding hydrogens is 426 g/mol. The van der Waals surface area contributed by atoms with Crippen molar-refractivity contribution in [3.63, 3.8) is 0 Å². The number of nitrogens with one attached hydrogen (secondary N) is 2. The first-order valence-electron chi connectivity index (χ1n) is 10.1. The SMILES string of the molecule is Cc1ccc(C)n1-c1ccc(Cl)c(C(=O)NCc2ccc(NC(=O)c3ccco3)cc2)c1. The summed E-state index contributed by atoms with van der Waals surface area (Å²) in [4.78, 5) is 24.8. The lowest BCUT2D eigenvalue weighted by Crippen LogP contribution is -2.23. The van der Waals surface area contributed by atoms with Crippen LogP contribution >= 0.6 is 11.6 Å². The zero-order valence-corrected chi connectivity index (χ0v) is 18.4. The van der Waals surface area contributed by atoms with E-state index in [0.717, 1.165) is 22.6 Å². The third kappa shape index (κ3) is 4.60. The molecular formula is C25H22ClN3O3. The van der Waals surface area contributed by atoms with E-state index in [1.54, 1.807) is 36.4 Å². The van der Waals surface area contributed by atoms with E-state index in [0.29, 0.717) is 22.8 Å². The van der Waals surface area contributed by atoms with Gasteiger partial charge in [0.25, 0.3) is 11.8 Å². The van der Waals surface area contributed by atoms with E-state index < -0.39 is 0 Å². The Balaban J connectivity index is 1.41. The molecule has 2 amide bonds. The standard InChI is InChI=1S/C25H22ClN3O3/c1-16-5-6-17(2)29(16)20-11-12-22(26)21(14-20)24(30)27-15-18-7-9-19(10-8-18)28-25(31)23-4-3-13-32-23/h3-14H,15H2,1-2H3,(H,27,30)(H,28,31). The number of furan rings is 1. The van der Waals surface area contributed by atoms with Gasteiger partial charge in [0.1, 0.15) is 0 Å². The van der Waals surface area contributed by atoms with Crippen LogP contribution in [0, 0.1) is 13.8 Å². The minimum absolute atomic E-state index is 0.241. The highest BCUT2D eigenvalue weighted by Gasteiger charge is 2.14. The summed E-state index contributed by atoms with van der Waals surface area (Å²) in [5.41, 5.74) is 4.98. The second-order valence-electron chi connectivity index (χ2n) is 7.43. The smallest absolute Gasteiger partial charge is 0.291 e. The Hall–Kier alpha value is -3.77. The van der Waals surface area contributed by atoms with Crippen LogP contribution < -0.4 is 10.6 Å². The Bertz CT molecular complexity index is 1240. The van der Waals surface area contributed by atoms with Crippen molar-refractivity contribution in [2.45, 2.75) is 20.4 Å². The first kappa shape index (κ1) is 21.5. The van der Waals surface area contributed by atoms with Gasteiger partial charge in [-0.2, -0.15) is 0 Å². The second-order valence-corrected chi connectivity index (χ2v) is 7.83. The Kier molecular flexibility index (Phi) is 6.14. The van der Waals surface area contributed by atoms with Crippen LogP contribution in [0.5, 0.6) is 0 Å². The molecule has 0 saturated carbocycles. The monoisotopic (exact) mass is 447 g/mol. The fourth-order valence-electron chi connectivity index (χ4n) is 3.49. The number of carbonyl (C=O) groups excluding carboxylic acids is 2. The van der Waals surface area contributed by atoms with E-state index in [2.05, 4.69) is 15.2 Å². The van der Waals surface area contributed by atoms with Crippen LogP contribution in [0.1, 0.15) is 37.9 Å². The zero-order valence-electron chi connectivity index (χ0n) is 17.7. The van der Waals surface area contributed by atoms with Crippen molar-refractivity contribution in [3.8, 4) is 5.69 Å². The Morgan fingerprint density at radius 1 is 0.938 bits per heavy atom. The molecule has 0 spiro atoms. The second kappa shape index (κ2) is 9.16. The summed E-state index contributed by atoms with van der Waals surface area (Å²) < 4.78 is 7.15. The molecule has 6 nitrogen and oxygen atoms in total. The number of nitrogens with zero attached hydrogens (tertiary/aromatic N) is 1. The van der Waals surface area contributed by atoms with Crippen molar-refractivity contribution in [3.05, 3.63) is 106 Å². The molecule has 4 aromatic rings. The summed E-state index contributed by atoms with van der Waals surface area (Å²) in [5, 5.41) is 6.06. The van der Waals surface area contributed by atoms with Crippen molar-refractivity contribution in [2.24, 2.45) is 0 Å². The summed E-state index contributed by atoms with van der Waals surface area (Å²) >= 11 is 6.31. The summed E-state index contributed by atoms with van der Waals surface area (Å²) in [6, 6.07) is 20.0. The number of rotatable bonds is 6. The number of benzene rings is 2. The third-order valence-corrected chi connectivity index (χ3v) is 5.46. The molecule has 0 saturated heterocycles. The molecule has 0 bridgehead atoms. The topological polar surface area (TPSA) is 76.3 Å². The minimum Gasteiger partial charge on any atom is -0.459 e. The maximum absolute atomic E-state index is 12.8. The molecule has 0 aliphatic carbocycles. The average Bonchev–Trinajstić information content (AvgIpc) is 3.44. The number of halogens is 1. The van der Waals surface area contributed by atoms with Gasteiger partial charge >= 0.3 is 0 Å². The summed E-state index contributed by atoms with van der Waals surface area (Å²) in [6.07, 6.45) is 1.45. The van der Waals surface area contributed by atoms with Crippen LogP contribution in [0.4, 0.5) is 5.69 Å². The van der Waals surface area contributed by atoms with Gasteiger partial charge in [0, 0.05) is 29.3 Å². The van der Waals surface area contributed by atoms with E-state index >= 15 is 0 Å². The van der Waals surface area contributed by atoms with Gasteiger partial charge in [0.2, 0.25) is 0 Å². The van der Waals surface area contributed by atoms with Crippen molar-refractivity contribution in [2.75, 3.05) is 5.32 Å². The van der Waals surface area contributed by atoms with Gasteiger partial charge in [-0.3, -0.25) is 9.59 Å². The Morgan fingerprint density at radius 2 is 1.66 bits per heavy atom. The van der Waals surface area contributed by atoms with E-state index in [4.69, 9.17) is 16.0 Å². The molecule has 2 heterocycles. The predicted octanol–water partition coefficient (Wildman–Crippen LogP) is 5.52. The van der Waals surface area contributed by atoms with Crippen LogP contribution in [0.25, 0.3) is 5.69 Å². The van der Waals surface area contributed by atoms with Crippen LogP contribution in [0.15, 0.2) is 77.4 Å². The molecule has 7 heteroatoms. The molecule has 2 aromatic carbocycles. The predicted molar refractivity (Wildman–Crippen MR) is 125 cm³/mol. The van der Waals surface area contributed by atoms with Crippen LogP contribution in [-0.4, -0.2) is 16.4 Å². The Morgan fingerprint density at radius 3 is 2.31 bits per heavy atom. The Labute approximate surface area is 190 Å². The van der Waals surface area contributed by atoms with E-state index in [1.807, 2.05) is 44.2 Å². The number of carbonyl (C=O) groups is 2. The summed E-state index contributed by atoms with van der Waals surface area (Å²) in [7, 11) is 0. The molecule has 0 atom stereocenters. The third-order valence-electron chi connectivity index (χ3n) is 5.13. The molecule has 0 radical (unpaired) electrons. The summed E-state index contributed by atoms with van der Waals surface area (Å²) in [6.45, 7) is 4.36. The minimum atomic E-state index is -0.321. The molecule has 0 fully saturated rings. The lowest BCUT2D eigenvalue weighted by atomic mass is 10.1. The normalized spacial score (nSPS) is 10.7. The van der Waals surface area contributed by atoms with Crippen molar-refractivity contribution in [1.82, 2.24) is 9.88 Å². The molecule has 0 aliphatic rings. The maximum Gasteiger partial charge on any atom is 0.291 e. The van der Waals surface area contributed by atoms with Gasteiger partial charge in [-0.15, -0.1) is 0 Å².